The maximum absolute atomic E-state index is 12.1. The molecule has 0 bridgehead atoms. The predicted octanol–water partition coefficient (Wildman–Crippen LogP) is 0.950. The van der Waals surface area contributed by atoms with Gasteiger partial charge >= 0.3 is 0 Å². The summed E-state index contributed by atoms with van der Waals surface area (Å²) in [6.45, 7) is 5.28. The fraction of sp³-hybridized carbons (Fsp3) is 0.583. The van der Waals surface area contributed by atoms with E-state index < -0.39 is 0 Å². The summed E-state index contributed by atoms with van der Waals surface area (Å²) in [5, 5.41) is 0. The van der Waals surface area contributed by atoms with Gasteiger partial charge in [-0.3, -0.25) is 9.59 Å². The normalized spacial score (nSPS) is 20.4. The molecule has 2 heterocycles. The van der Waals surface area contributed by atoms with Crippen molar-refractivity contribution in [1.82, 2.24) is 14.9 Å². The molecular weight excluding hydrogens is 218 g/mol. The Balaban J connectivity index is 2.22. The third-order valence-electron chi connectivity index (χ3n) is 3.10. The molecular formula is C12H17N3O2. The number of rotatable bonds is 1. The Morgan fingerprint density at radius 1 is 1.59 bits per heavy atom. The molecule has 92 valence electrons. The Labute approximate surface area is 99.9 Å². The first kappa shape index (κ1) is 11.8. The van der Waals surface area contributed by atoms with Crippen LogP contribution in [0.25, 0.3) is 0 Å². The number of nitrogens with zero attached hydrogens (tertiary/aromatic N) is 2. The molecule has 0 radical (unpaired) electrons. The highest BCUT2D eigenvalue weighted by Crippen LogP contribution is 2.16. The maximum Gasteiger partial charge on any atom is 0.263 e. The fourth-order valence-electron chi connectivity index (χ4n) is 2.18. The number of amides is 1. The van der Waals surface area contributed by atoms with Gasteiger partial charge in [0.1, 0.15) is 11.4 Å². The Bertz CT molecular complexity index is 481. The van der Waals surface area contributed by atoms with E-state index >= 15 is 0 Å². The zero-order valence-electron chi connectivity index (χ0n) is 10.2. The quantitative estimate of drug-likeness (QED) is 0.788. The molecule has 0 saturated carbocycles. The number of carbonyl (C=O) groups is 1. The molecule has 1 saturated heterocycles. The third kappa shape index (κ3) is 2.54. The van der Waals surface area contributed by atoms with E-state index in [2.05, 4.69) is 16.9 Å². The maximum atomic E-state index is 12.1. The first-order chi connectivity index (χ1) is 8.08. The molecule has 1 unspecified atom stereocenters. The van der Waals surface area contributed by atoms with Gasteiger partial charge in [-0.2, -0.15) is 0 Å². The van der Waals surface area contributed by atoms with E-state index in [9.17, 15) is 9.59 Å². The van der Waals surface area contributed by atoms with Gasteiger partial charge in [0, 0.05) is 19.3 Å². The molecule has 1 aromatic rings. The number of hydrogen-bond acceptors (Lipinski definition) is 3. The lowest BCUT2D eigenvalue weighted by atomic mass is 10.00. The van der Waals surface area contributed by atoms with E-state index in [0.29, 0.717) is 11.7 Å². The minimum absolute atomic E-state index is 0.143. The average Bonchev–Trinajstić information content (AvgIpc) is 2.28. The largest absolute Gasteiger partial charge is 0.338 e. The molecule has 1 atom stereocenters. The van der Waals surface area contributed by atoms with Crippen LogP contribution >= 0.6 is 0 Å². The van der Waals surface area contributed by atoms with Crippen LogP contribution in [0.3, 0.4) is 0 Å². The molecule has 1 fully saturated rings. The second-order valence-corrected chi connectivity index (χ2v) is 4.71. The monoisotopic (exact) mass is 235 g/mol. The number of nitrogens with one attached hydrogen (secondary N) is 1. The number of aromatic nitrogens is 2. The molecule has 5 heteroatoms. The van der Waals surface area contributed by atoms with E-state index in [0.717, 1.165) is 25.9 Å². The van der Waals surface area contributed by atoms with Crippen LogP contribution in [0.15, 0.2) is 11.0 Å². The van der Waals surface area contributed by atoms with Crippen molar-refractivity contribution in [3.63, 3.8) is 0 Å². The summed E-state index contributed by atoms with van der Waals surface area (Å²) in [6.07, 6.45) is 3.52. The van der Waals surface area contributed by atoms with Gasteiger partial charge in [0.15, 0.2) is 0 Å². The zero-order chi connectivity index (χ0) is 12.4. The Hall–Kier alpha value is -1.65. The first-order valence-corrected chi connectivity index (χ1v) is 5.93. The van der Waals surface area contributed by atoms with E-state index in [-0.39, 0.29) is 17.0 Å². The SMILES string of the molecule is Cc1ncc(C(=O)N2CCCC(C)C2)c(=O)[nH]1. The lowest BCUT2D eigenvalue weighted by Gasteiger charge is -2.30. The molecule has 5 nitrogen and oxygen atoms in total. The average molecular weight is 235 g/mol. The lowest BCUT2D eigenvalue weighted by molar-refractivity contribution is 0.0680. The van der Waals surface area contributed by atoms with Crippen LogP contribution in [-0.2, 0) is 0 Å². The molecule has 1 aliphatic heterocycles. The van der Waals surface area contributed by atoms with Crippen LogP contribution in [-0.4, -0.2) is 33.9 Å². The van der Waals surface area contributed by atoms with Crippen molar-refractivity contribution in [2.24, 2.45) is 5.92 Å². The van der Waals surface area contributed by atoms with Crippen molar-refractivity contribution in [1.29, 1.82) is 0 Å². The molecule has 1 aromatic heterocycles. The number of piperidine rings is 1. The standard InChI is InChI=1S/C12H17N3O2/c1-8-4-3-5-15(7-8)12(17)10-6-13-9(2)14-11(10)16/h6,8H,3-5,7H2,1-2H3,(H,13,14,16). The van der Waals surface area contributed by atoms with Crippen molar-refractivity contribution in [3.05, 3.63) is 27.9 Å². The van der Waals surface area contributed by atoms with E-state index in [4.69, 9.17) is 0 Å². The smallest absolute Gasteiger partial charge is 0.263 e. The molecule has 2 rings (SSSR count). The number of aryl methyl sites for hydroxylation is 1. The van der Waals surface area contributed by atoms with E-state index in [1.54, 1.807) is 11.8 Å². The van der Waals surface area contributed by atoms with E-state index in [1.165, 1.54) is 6.20 Å². The van der Waals surface area contributed by atoms with Gasteiger partial charge in [0.05, 0.1) is 0 Å². The molecule has 0 spiro atoms. The van der Waals surface area contributed by atoms with Crippen molar-refractivity contribution >= 4 is 5.91 Å². The number of hydrogen-bond donors (Lipinski definition) is 1. The topological polar surface area (TPSA) is 66.1 Å². The Morgan fingerprint density at radius 2 is 2.35 bits per heavy atom. The van der Waals surface area contributed by atoms with Gasteiger partial charge in [0.25, 0.3) is 11.5 Å². The van der Waals surface area contributed by atoms with Crippen LogP contribution in [0, 0.1) is 12.8 Å². The number of carbonyl (C=O) groups excluding carboxylic acids is 1. The number of likely N-dealkylation sites (tertiary alicyclic amines) is 1. The molecule has 1 aliphatic rings. The van der Waals surface area contributed by atoms with Crippen molar-refractivity contribution < 1.29 is 4.79 Å². The summed E-state index contributed by atoms with van der Waals surface area (Å²) in [7, 11) is 0. The predicted molar refractivity (Wildman–Crippen MR) is 63.9 cm³/mol. The molecule has 1 N–H and O–H groups in total. The van der Waals surface area contributed by atoms with Crippen molar-refractivity contribution in [3.8, 4) is 0 Å². The second kappa shape index (κ2) is 4.69. The zero-order valence-corrected chi connectivity index (χ0v) is 10.2. The van der Waals surface area contributed by atoms with Gasteiger partial charge in [0.2, 0.25) is 0 Å². The van der Waals surface area contributed by atoms with E-state index in [1.807, 2.05) is 0 Å². The summed E-state index contributed by atoms with van der Waals surface area (Å²) in [6, 6.07) is 0. The summed E-state index contributed by atoms with van der Waals surface area (Å²) in [5.41, 5.74) is -0.203. The molecule has 1 amide bonds. The lowest BCUT2D eigenvalue weighted by Crippen LogP contribution is -2.41. The van der Waals surface area contributed by atoms with Gasteiger partial charge in [-0.05, 0) is 25.7 Å². The Morgan fingerprint density at radius 3 is 3.00 bits per heavy atom. The summed E-state index contributed by atoms with van der Waals surface area (Å²) in [4.78, 5) is 32.1. The van der Waals surface area contributed by atoms with Gasteiger partial charge < -0.3 is 9.88 Å². The minimum atomic E-state index is -0.347. The van der Waals surface area contributed by atoms with Crippen LogP contribution in [0.2, 0.25) is 0 Å². The number of aromatic amines is 1. The van der Waals surface area contributed by atoms with Gasteiger partial charge in [-0.15, -0.1) is 0 Å². The van der Waals surface area contributed by atoms with Crippen LogP contribution in [0.4, 0.5) is 0 Å². The molecule has 0 aromatic carbocycles. The van der Waals surface area contributed by atoms with Crippen molar-refractivity contribution in [2.45, 2.75) is 26.7 Å². The first-order valence-electron chi connectivity index (χ1n) is 5.93. The molecule has 17 heavy (non-hydrogen) atoms. The summed E-state index contributed by atoms with van der Waals surface area (Å²) >= 11 is 0. The van der Waals surface area contributed by atoms with Crippen molar-refractivity contribution in [2.75, 3.05) is 13.1 Å². The highest BCUT2D eigenvalue weighted by atomic mass is 16.2. The van der Waals surface area contributed by atoms with Crippen LogP contribution < -0.4 is 5.56 Å². The van der Waals surface area contributed by atoms with Gasteiger partial charge in [-0.25, -0.2) is 4.98 Å². The van der Waals surface area contributed by atoms with Crippen LogP contribution in [0.1, 0.15) is 35.9 Å². The Kier molecular flexibility index (Phi) is 3.26. The summed E-state index contributed by atoms with van der Waals surface area (Å²) in [5.74, 6) is 0.828. The van der Waals surface area contributed by atoms with Gasteiger partial charge in [-0.1, -0.05) is 6.92 Å². The highest BCUT2D eigenvalue weighted by molar-refractivity contribution is 5.93. The fourth-order valence-corrected chi connectivity index (χ4v) is 2.18. The molecule has 0 aliphatic carbocycles. The summed E-state index contributed by atoms with van der Waals surface area (Å²) < 4.78 is 0. The van der Waals surface area contributed by atoms with Crippen LogP contribution in [0.5, 0.6) is 0 Å². The second-order valence-electron chi connectivity index (χ2n) is 4.71. The number of H-pyrrole nitrogens is 1. The minimum Gasteiger partial charge on any atom is -0.338 e. The highest BCUT2D eigenvalue weighted by Gasteiger charge is 2.23. The third-order valence-corrected chi connectivity index (χ3v) is 3.10.